The summed E-state index contributed by atoms with van der Waals surface area (Å²) in [6.45, 7) is 0. The van der Waals surface area contributed by atoms with Crippen LogP contribution in [0.4, 0.5) is 0 Å². The highest BCUT2D eigenvalue weighted by Crippen LogP contribution is 2.26. The van der Waals surface area contributed by atoms with Crippen LogP contribution in [0, 0.1) is 0 Å². The van der Waals surface area contributed by atoms with Crippen LogP contribution >= 0.6 is 35.8 Å². The second-order valence-corrected chi connectivity index (χ2v) is 2.72. The highest BCUT2D eigenvalue weighted by atomic mass is 35.5. The van der Waals surface area contributed by atoms with Crippen LogP contribution in [0.25, 0.3) is 0 Å². The van der Waals surface area contributed by atoms with E-state index in [-0.39, 0.29) is 0 Å². The zero-order valence-electron chi connectivity index (χ0n) is 4.31. The third-order valence-electron chi connectivity index (χ3n) is 0.819. The topological polar surface area (TPSA) is 12.9 Å². The molecule has 1 aromatic heterocycles. The predicted molar refractivity (Wildman–Crippen MR) is 41.5 cm³/mol. The van der Waals surface area contributed by atoms with Gasteiger partial charge >= 0.3 is 0 Å². The maximum atomic E-state index is 5.63. The molecule has 0 unspecified atom stereocenters. The third-order valence-corrected chi connectivity index (χ3v) is 2.08. The summed E-state index contributed by atoms with van der Waals surface area (Å²) >= 11 is 15.2. The predicted octanol–water partition coefficient (Wildman–Crippen LogP) is 2.68. The molecule has 0 fully saturated rings. The minimum Gasteiger partial charge on any atom is -0.262 e. The molecule has 1 heterocycles. The van der Waals surface area contributed by atoms with Crippen molar-refractivity contribution in [3.8, 4) is 0 Å². The number of hydrogen-bond donors (Lipinski definition) is 1. The van der Waals surface area contributed by atoms with Crippen LogP contribution < -0.4 is 0 Å². The van der Waals surface area contributed by atoms with Crippen molar-refractivity contribution in [2.45, 2.75) is 4.90 Å². The molecule has 0 N–H and O–H groups in total. The zero-order valence-corrected chi connectivity index (χ0v) is 6.71. The number of aromatic nitrogens is 1. The lowest BCUT2D eigenvalue weighted by atomic mass is 10.5. The first kappa shape index (κ1) is 7.19. The second-order valence-electron chi connectivity index (χ2n) is 1.45. The van der Waals surface area contributed by atoms with Crippen molar-refractivity contribution in [1.29, 1.82) is 0 Å². The van der Waals surface area contributed by atoms with E-state index >= 15 is 0 Å². The molecule has 0 aromatic carbocycles. The molecule has 0 aliphatic rings. The molecule has 0 amide bonds. The molecule has 0 aliphatic carbocycles. The molecule has 0 radical (unpaired) electrons. The van der Waals surface area contributed by atoms with Gasteiger partial charge in [-0.05, 0) is 0 Å². The van der Waals surface area contributed by atoms with Crippen molar-refractivity contribution >= 4 is 35.8 Å². The van der Waals surface area contributed by atoms with Crippen LogP contribution in [0.1, 0.15) is 0 Å². The van der Waals surface area contributed by atoms with Gasteiger partial charge in [0.25, 0.3) is 0 Å². The molecule has 4 heteroatoms. The Balaban J connectivity index is 3.25. The van der Waals surface area contributed by atoms with Crippen molar-refractivity contribution < 1.29 is 0 Å². The molecular formula is C5H3Cl2NS. The summed E-state index contributed by atoms with van der Waals surface area (Å²) in [6, 6.07) is 0. The van der Waals surface area contributed by atoms with Gasteiger partial charge in [0.1, 0.15) is 0 Å². The van der Waals surface area contributed by atoms with Crippen LogP contribution in [0.5, 0.6) is 0 Å². The lowest BCUT2D eigenvalue weighted by molar-refractivity contribution is 1.24. The van der Waals surface area contributed by atoms with Crippen LogP contribution in [0.2, 0.25) is 10.0 Å². The number of thiol groups is 1. The Bertz CT molecular complexity index is 206. The number of halogens is 2. The van der Waals surface area contributed by atoms with Gasteiger partial charge in [-0.25, -0.2) is 0 Å². The summed E-state index contributed by atoms with van der Waals surface area (Å²) in [5.74, 6) is 0. The lowest BCUT2D eigenvalue weighted by Gasteiger charge is -1.94. The normalized spacial score (nSPS) is 9.67. The summed E-state index contributed by atoms with van der Waals surface area (Å²) in [5.41, 5.74) is 0. The monoisotopic (exact) mass is 179 g/mol. The van der Waals surface area contributed by atoms with Gasteiger partial charge < -0.3 is 0 Å². The summed E-state index contributed by atoms with van der Waals surface area (Å²) in [4.78, 5) is 4.35. The van der Waals surface area contributed by atoms with Crippen LogP contribution in [0.3, 0.4) is 0 Å². The SMILES string of the molecule is Sc1cncc(Cl)c1Cl. The molecule has 0 aliphatic heterocycles. The average Bonchev–Trinajstić information content (AvgIpc) is 1.83. The molecule has 1 nitrogen and oxygen atoms in total. The Morgan fingerprint density at radius 3 is 2.44 bits per heavy atom. The summed E-state index contributed by atoms with van der Waals surface area (Å²) < 4.78 is 0. The van der Waals surface area contributed by atoms with Crippen molar-refractivity contribution in [2.24, 2.45) is 0 Å². The van der Waals surface area contributed by atoms with Gasteiger partial charge in [-0.3, -0.25) is 4.98 Å². The molecule has 9 heavy (non-hydrogen) atoms. The number of rotatable bonds is 0. The van der Waals surface area contributed by atoms with Crippen molar-refractivity contribution in [2.75, 3.05) is 0 Å². The fourth-order valence-corrected chi connectivity index (χ4v) is 0.918. The van der Waals surface area contributed by atoms with Gasteiger partial charge in [-0.2, -0.15) is 0 Å². The van der Waals surface area contributed by atoms with E-state index in [0.29, 0.717) is 14.9 Å². The quantitative estimate of drug-likeness (QED) is 0.605. The minimum absolute atomic E-state index is 0.434. The third kappa shape index (κ3) is 1.51. The standard InChI is InChI=1S/C5H3Cl2NS/c6-3-1-8-2-4(9)5(3)7/h1-2,9H. The highest BCUT2D eigenvalue weighted by Gasteiger charge is 1.98. The molecule has 0 spiro atoms. The van der Waals surface area contributed by atoms with E-state index in [1.807, 2.05) is 0 Å². The fourth-order valence-electron chi connectivity index (χ4n) is 0.409. The zero-order chi connectivity index (χ0) is 6.85. The van der Waals surface area contributed by atoms with Gasteiger partial charge in [-0.1, -0.05) is 23.2 Å². The fraction of sp³-hybridized carbons (Fsp3) is 0. The average molecular weight is 180 g/mol. The Hall–Kier alpha value is 0.0800. The Morgan fingerprint density at radius 2 is 2.00 bits per heavy atom. The molecule has 0 saturated heterocycles. The van der Waals surface area contributed by atoms with Gasteiger partial charge in [0, 0.05) is 17.3 Å². The second kappa shape index (κ2) is 2.78. The first-order chi connectivity index (χ1) is 4.22. The largest absolute Gasteiger partial charge is 0.262 e. The number of pyridine rings is 1. The van der Waals surface area contributed by atoms with E-state index in [2.05, 4.69) is 17.6 Å². The van der Waals surface area contributed by atoms with E-state index < -0.39 is 0 Å². The first-order valence-corrected chi connectivity index (χ1v) is 3.40. The maximum absolute atomic E-state index is 5.63. The molecule has 1 rings (SSSR count). The van der Waals surface area contributed by atoms with E-state index in [1.165, 1.54) is 12.4 Å². The maximum Gasteiger partial charge on any atom is 0.0786 e. The van der Waals surface area contributed by atoms with Crippen LogP contribution in [0.15, 0.2) is 17.3 Å². The van der Waals surface area contributed by atoms with Gasteiger partial charge in [0.05, 0.1) is 10.0 Å². The van der Waals surface area contributed by atoms with Gasteiger partial charge in [0.15, 0.2) is 0 Å². The van der Waals surface area contributed by atoms with Gasteiger partial charge in [0.2, 0.25) is 0 Å². The van der Waals surface area contributed by atoms with E-state index in [0.717, 1.165) is 0 Å². The van der Waals surface area contributed by atoms with E-state index in [9.17, 15) is 0 Å². The number of nitrogens with zero attached hydrogens (tertiary/aromatic N) is 1. The molecular weight excluding hydrogens is 177 g/mol. The van der Waals surface area contributed by atoms with Gasteiger partial charge in [-0.15, -0.1) is 12.6 Å². The molecule has 0 saturated carbocycles. The van der Waals surface area contributed by atoms with Crippen molar-refractivity contribution in [3.63, 3.8) is 0 Å². The summed E-state index contributed by atoms with van der Waals surface area (Å²) in [6.07, 6.45) is 3.01. The van der Waals surface area contributed by atoms with Crippen LogP contribution in [-0.4, -0.2) is 4.98 Å². The lowest BCUT2D eigenvalue weighted by Crippen LogP contribution is -1.74. The van der Waals surface area contributed by atoms with E-state index in [4.69, 9.17) is 23.2 Å². The van der Waals surface area contributed by atoms with Crippen molar-refractivity contribution in [3.05, 3.63) is 22.4 Å². The summed E-state index contributed by atoms with van der Waals surface area (Å²) in [7, 11) is 0. The Labute approximate surface area is 68.4 Å². The number of hydrogen-bond acceptors (Lipinski definition) is 2. The first-order valence-electron chi connectivity index (χ1n) is 2.20. The Kier molecular flexibility index (Phi) is 2.22. The molecule has 48 valence electrons. The highest BCUT2D eigenvalue weighted by molar-refractivity contribution is 7.80. The molecule has 0 bridgehead atoms. The van der Waals surface area contributed by atoms with Crippen molar-refractivity contribution in [1.82, 2.24) is 4.98 Å². The van der Waals surface area contributed by atoms with Crippen LogP contribution in [-0.2, 0) is 0 Å². The Morgan fingerprint density at radius 1 is 1.33 bits per heavy atom. The minimum atomic E-state index is 0.434. The smallest absolute Gasteiger partial charge is 0.0786 e. The molecule has 1 aromatic rings. The van der Waals surface area contributed by atoms with E-state index in [1.54, 1.807) is 0 Å². The summed E-state index contributed by atoms with van der Waals surface area (Å²) in [5, 5.41) is 0.888. The molecule has 0 atom stereocenters.